The first kappa shape index (κ1) is 24.4. The van der Waals surface area contributed by atoms with Crippen molar-refractivity contribution < 1.29 is 33.0 Å². The Kier molecular flexibility index (Phi) is 7.13. The van der Waals surface area contributed by atoms with Gasteiger partial charge >= 0.3 is 5.97 Å². The third-order valence-electron chi connectivity index (χ3n) is 5.17. The molecule has 2 heterocycles. The quantitative estimate of drug-likeness (QED) is 0.242. The summed E-state index contributed by atoms with van der Waals surface area (Å²) in [6, 6.07) is 13.7. The van der Waals surface area contributed by atoms with Crippen LogP contribution in [0.3, 0.4) is 0 Å². The lowest BCUT2D eigenvalue weighted by molar-refractivity contribution is -0.113. The van der Waals surface area contributed by atoms with Crippen LogP contribution < -0.4 is 19.1 Å². The fraction of sp³-hybridized carbons (Fsp3) is 0.160. The Morgan fingerprint density at radius 2 is 1.71 bits per heavy atom. The number of thiocarbonyl (C=S) groups is 1. The molecule has 2 aromatic carbocycles. The molecule has 3 aromatic rings. The first-order chi connectivity index (χ1) is 16.9. The summed E-state index contributed by atoms with van der Waals surface area (Å²) in [6.45, 7) is 0. The molecule has 1 aromatic heterocycles. The number of esters is 1. The summed E-state index contributed by atoms with van der Waals surface area (Å²) in [5.74, 6) is 1.50. The van der Waals surface area contributed by atoms with Crippen molar-refractivity contribution in [2.24, 2.45) is 0 Å². The molecule has 1 aliphatic heterocycles. The predicted molar refractivity (Wildman–Crippen MR) is 137 cm³/mol. The van der Waals surface area contributed by atoms with Gasteiger partial charge in [-0.05, 0) is 24.3 Å². The summed E-state index contributed by atoms with van der Waals surface area (Å²) in [5, 5.41) is 0. The molecule has 0 saturated carbocycles. The fourth-order valence-electron chi connectivity index (χ4n) is 3.52. The van der Waals surface area contributed by atoms with Crippen molar-refractivity contribution in [1.29, 1.82) is 0 Å². The van der Waals surface area contributed by atoms with Gasteiger partial charge in [-0.25, -0.2) is 4.79 Å². The summed E-state index contributed by atoms with van der Waals surface area (Å²) in [4.78, 5) is 26.9. The highest BCUT2D eigenvalue weighted by molar-refractivity contribution is 8.27. The molecule has 180 valence electrons. The molecule has 1 aliphatic rings. The average molecular weight is 512 g/mol. The molecule has 0 radical (unpaired) electrons. The lowest BCUT2D eigenvalue weighted by Crippen LogP contribution is -2.27. The Labute approximate surface area is 211 Å². The molecular weight excluding hydrogens is 490 g/mol. The van der Waals surface area contributed by atoms with E-state index in [4.69, 9.17) is 35.6 Å². The van der Waals surface area contributed by atoms with Gasteiger partial charge in [0.05, 0.1) is 44.6 Å². The van der Waals surface area contributed by atoms with Gasteiger partial charge in [-0.2, -0.15) is 0 Å². The van der Waals surface area contributed by atoms with E-state index < -0.39 is 5.97 Å². The Morgan fingerprint density at radius 1 is 1.00 bits per heavy atom. The molecule has 0 unspecified atom stereocenters. The van der Waals surface area contributed by atoms with Crippen LogP contribution in [0.5, 0.6) is 17.2 Å². The van der Waals surface area contributed by atoms with Gasteiger partial charge < -0.3 is 23.4 Å². The highest BCUT2D eigenvalue weighted by Gasteiger charge is 2.35. The molecule has 0 spiro atoms. The van der Waals surface area contributed by atoms with Crippen molar-refractivity contribution in [3.63, 3.8) is 0 Å². The summed E-state index contributed by atoms with van der Waals surface area (Å²) >= 11 is 6.64. The number of benzene rings is 2. The van der Waals surface area contributed by atoms with Gasteiger partial charge in [0.2, 0.25) is 5.75 Å². The van der Waals surface area contributed by atoms with Gasteiger partial charge in [0.25, 0.3) is 5.91 Å². The van der Waals surface area contributed by atoms with E-state index in [0.29, 0.717) is 54.8 Å². The monoisotopic (exact) mass is 511 g/mol. The first-order valence-electron chi connectivity index (χ1n) is 10.3. The molecular formula is C25H21NO7S2. The first-order valence-corrected chi connectivity index (χ1v) is 11.5. The number of anilines is 1. The van der Waals surface area contributed by atoms with Crippen LogP contribution in [0.1, 0.15) is 16.1 Å². The molecule has 0 atom stereocenters. The highest BCUT2D eigenvalue weighted by Crippen LogP contribution is 2.44. The van der Waals surface area contributed by atoms with Crippen LogP contribution >= 0.6 is 24.0 Å². The number of methoxy groups -OCH3 is 4. The third-order valence-corrected chi connectivity index (χ3v) is 6.47. The molecule has 8 nitrogen and oxygen atoms in total. The molecule has 1 saturated heterocycles. The number of ether oxygens (including phenoxy) is 4. The second-order valence-corrected chi connectivity index (χ2v) is 8.85. The number of hydrogen-bond acceptors (Lipinski definition) is 9. The average Bonchev–Trinajstić information content (AvgIpc) is 3.46. The van der Waals surface area contributed by atoms with E-state index in [-0.39, 0.29) is 5.91 Å². The van der Waals surface area contributed by atoms with E-state index in [0.717, 1.165) is 11.8 Å². The standard InChI is InChI=1S/C25H21NO7S2/c1-29-19-11-16(12-20(30-2)22(19)31-3)26-23(27)21(35-25(26)34)13-17-8-9-18(33-17)14-6-5-7-15(10-14)24(28)32-4/h5-13H,1-4H3/b21-13+. The topological polar surface area (TPSA) is 87.4 Å². The minimum atomic E-state index is -0.436. The lowest BCUT2D eigenvalue weighted by Gasteiger charge is -2.19. The molecule has 1 fully saturated rings. The minimum absolute atomic E-state index is 0.306. The normalized spacial score (nSPS) is 14.4. The van der Waals surface area contributed by atoms with Crippen LogP contribution in [0.25, 0.3) is 17.4 Å². The van der Waals surface area contributed by atoms with Crippen molar-refractivity contribution in [3.05, 3.63) is 64.8 Å². The van der Waals surface area contributed by atoms with Crippen LogP contribution in [-0.4, -0.2) is 44.6 Å². The largest absolute Gasteiger partial charge is 0.493 e. The molecule has 1 amide bonds. The van der Waals surface area contributed by atoms with Crippen LogP contribution in [-0.2, 0) is 9.53 Å². The number of amides is 1. The SMILES string of the molecule is COC(=O)c1cccc(-c2ccc(/C=C3/SC(=S)N(c4cc(OC)c(OC)c(OC)c4)C3=O)o2)c1. The zero-order chi connectivity index (χ0) is 25.1. The molecule has 35 heavy (non-hydrogen) atoms. The Hall–Kier alpha value is -3.76. The Balaban J connectivity index is 1.62. The van der Waals surface area contributed by atoms with Crippen LogP contribution in [0, 0.1) is 0 Å². The number of furan rings is 1. The molecule has 0 N–H and O–H groups in total. The van der Waals surface area contributed by atoms with Crippen LogP contribution in [0.15, 0.2) is 57.9 Å². The van der Waals surface area contributed by atoms with E-state index in [1.165, 1.54) is 33.3 Å². The van der Waals surface area contributed by atoms with Crippen LogP contribution in [0.2, 0.25) is 0 Å². The van der Waals surface area contributed by atoms with E-state index in [1.54, 1.807) is 48.5 Å². The van der Waals surface area contributed by atoms with E-state index in [9.17, 15) is 9.59 Å². The maximum absolute atomic E-state index is 13.2. The Morgan fingerprint density at radius 3 is 2.34 bits per heavy atom. The molecule has 4 rings (SSSR count). The predicted octanol–water partition coefficient (Wildman–Crippen LogP) is 5.16. The number of thioether (sulfide) groups is 1. The van der Waals surface area contributed by atoms with Gasteiger partial charge in [0.1, 0.15) is 11.5 Å². The number of rotatable bonds is 7. The van der Waals surface area contributed by atoms with Crippen molar-refractivity contribution >= 4 is 51.9 Å². The Bertz CT molecular complexity index is 1320. The van der Waals surface area contributed by atoms with E-state index >= 15 is 0 Å². The van der Waals surface area contributed by atoms with Gasteiger partial charge in [-0.15, -0.1) is 0 Å². The van der Waals surface area contributed by atoms with E-state index in [1.807, 2.05) is 6.07 Å². The van der Waals surface area contributed by atoms with Crippen molar-refractivity contribution in [1.82, 2.24) is 0 Å². The smallest absolute Gasteiger partial charge is 0.337 e. The third kappa shape index (κ3) is 4.75. The van der Waals surface area contributed by atoms with Crippen LogP contribution in [0.4, 0.5) is 5.69 Å². The van der Waals surface area contributed by atoms with Crippen molar-refractivity contribution in [3.8, 4) is 28.6 Å². The maximum atomic E-state index is 13.2. The van der Waals surface area contributed by atoms with E-state index in [2.05, 4.69) is 0 Å². The summed E-state index contributed by atoms with van der Waals surface area (Å²) in [7, 11) is 5.83. The van der Waals surface area contributed by atoms with Crippen molar-refractivity contribution in [2.75, 3.05) is 33.3 Å². The second-order valence-electron chi connectivity index (χ2n) is 7.18. The molecule has 0 bridgehead atoms. The number of carbonyl (C=O) groups is 2. The molecule has 0 aliphatic carbocycles. The summed E-state index contributed by atoms with van der Waals surface area (Å²) in [6.07, 6.45) is 1.63. The summed E-state index contributed by atoms with van der Waals surface area (Å²) < 4.78 is 27.2. The van der Waals surface area contributed by atoms with Gasteiger partial charge in [0.15, 0.2) is 15.8 Å². The second kappa shape index (κ2) is 10.2. The zero-order valence-corrected chi connectivity index (χ0v) is 21.0. The van der Waals surface area contributed by atoms with Gasteiger partial charge in [-0.3, -0.25) is 9.69 Å². The number of hydrogen-bond donors (Lipinski definition) is 0. The number of carbonyl (C=O) groups excluding carboxylic acids is 2. The zero-order valence-electron chi connectivity index (χ0n) is 19.3. The van der Waals surface area contributed by atoms with Crippen molar-refractivity contribution in [2.45, 2.75) is 0 Å². The van der Waals surface area contributed by atoms with Gasteiger partial charge in [-0.1, -0.05) is 36.1 Å². The summed E-state index contributed by atoms with van der Waals surface area (Å²) in [5.41, 5.74) is 1.61. The highest BCUT2D eigenvalue weighted by atomic mass is 32.2. The molecule has 10 heteroatoms. The number of nitrogens with zero attached hydrogens (tertiary/aromatic N) is 1. The minimum Gasteiger partial charge on any atom is -0.493 e. The fourth-order valence-corrected chi connectivity index (χ4v) is 4.80. The lowest BCUT2D eigenvalue weighted by atomic mass is 10.1. The maximum Gasteiger partial charge on any atom is 0.337 e. The van der Waals surface area contributed by atoms with Gasteiger partial charge in [0, 0.05) is 23.8 Å².